The van der Waals surface area contributed by atoms with Gasteiger partial charge in [0.1, 0.15) is 0 Å². The number of anilines is 2. The number of nitrogens with zero attached hydrogens (tertiary/aromatic N) is 4. The van der Waals surface area contributed by atoms with Crippen LogP contribution in [0.15, 0.2) is 42.5 Å². The van der Waals surface area contributed by atoms with Gasteiger partial charge in [0.25, 0.3) is 5.91 Å². The summed E-state index contributed by atoms with van der Waals surface area (Å²) in [5, 5.41) is 11.3. The molecule has 0 spiro atoms. The van der Waals surface area contributed by atoms with Crippen LogP contribution in [0, 0.1) is 20.8 Å². The van der Waals surface area contributed by atoms with E-state index in [1.165, 1.54) is 4.80 Å². The molecule has 0 saturated carbocycles. The number of carbonyl (C=O) groups excluding carboxylic acids is 2. The second kappa shape index (κ2) is 8.77. The number of amides is 1. The van der Waals surface area contributed by atoms with E-state index >= 15 is 0 Å². The zero-order valence-corrected chi connectivity index (χ0v) is 17.8. The Balaban J connectivity index is 1.62. The molecule has 1 N–H and O–H groups in total. The Labute approximate surface area is 175 Å². The molecule has 2 aromatic carbocycles. The third kappa shape index (κ3) is 4.83. The second-order valence-corrected chi connectivity index (χ2v) is 7.28. The summed E-state index contributed by atoms with van der Waals surface area (Å²) in [4.78, 5) is 27.9. The van der Waals surface area contributed by atoms with Gasteiger partial charge in [-0.1, -0.05) is 17.7 Å². The largest absolute Gasteiger partial charge is 0.451 e. The Morgan fingerprint density at radius 3 is 2.37 bits per heavy atom. The van der Waals surface area contributed by atoms with Crippen molar-refractivity contribution in [3.8, 4) is 5.69 Å². The zero-order valence-electron chi connectivity index (χ0n) is 17.8. The summed E-state index contributed by atoms with van der Waals surface area (Å²) in [5.74, 6) is -1.12. The number of carbonyl (C=O) groups is 2. The van der Waals surface area contributed by atoms with Crippen molar-refractivity contribution < 1.29 is 14.3 Å². The maximum absolute atomic E-state index is 12.4. The van der Waals surface area contributed by atoms with E-state index in [0.717, 1.165) is 22.5 Å². The van der Waals surface area contributed by atoms with Crippen LogP contribution in [0.5, 0.6) is 0 Å². The first kappa shape index (κ1) is 21.0. The van der Waals surface area contributed by atoms with Crippen LogP contribution in [-0.2, 0) is 9.53 Å². The number of ether oxygens (including phenoxy) is 1. The van der Waals surface area contributed by atoms with Gasteiger partial charge in [0.15, 0.2) is 12.3 Å². The normalized spacial score (nSPS) is 10.6. The molecule has 156 valence electrons. The molecule has 3 aromatic rings. The Hall–Kier alpha value is -3.68. The maximum Gasteiger partial charge on any atom is 0.361 e. The number of nitrogens with one attached hydrogen (secondary N) is 1. The van der Waals surface area contributed by atoms with Crippen molar-refractivity contribution in [3.63, 3.8) is 0 Å². The molecule has 30 heavy (non-hydrogen) atoms. The van der Waals surface area contributed by atoms with E-state index in [1.54, 1.807) is 19.1 Å². The van der Waals surface area contributed by atoms with E-state index in [2.05, 4.69) is 15.5 Å². The number of rotatable bonds is 6. The van der Waals surface area contributed by atoms with Gasteiger partial charge in [-0.05, 0) is 56.7 Å². The third-order valence-corrected chi connectivity index (χ3v) is 4.55. The molecular weight excluding hydrogens is 382 g/mol. The van der Waals surface area contributed by atoms with Crippen molar-refractivity contribution in [3.05, 3.63) is 65.0 Å². The van der Waals surface area contributed by atoms with Gasteiger partial charge in [-0.25, -0.2) is 4.79 Å². The first-order chi connectivity index (χ1) is 14.2. The molecule has 0 bridgehead atoms. The highest BCUT2D eigenvalue weighted by molar-refractivity contribution is 5.95. The molecule has 3 rings (SSSR count). The van der Waals surface area contributed by atoms with E-state index in [0.29, 0.717) is 11.4 Å². The van der Waals surface area contributed by atoms with Crippen LogP contribution in [0.4, 0.5) is 11.4 Å². The predicted octanol–water partition coefficient (Wildman–Crippen LogP) is 3.05. The zero-order chi connectivity index (χ0) is 21.8. The molecule has 0 aliphatic carbocycles. The van der Waals surface area contributed by atoms with E-state index in [4.69, 9.17) is 4.74 Å². The summed E-state index contributed by atoms with van der Waals surface area (Å²) in [5.41, 5.74) is 5.05. The number of benzene rings is 2. The van der Waals surface area contributed by atoms with Crippen molar-refractivity contribution in [1.82, 2.24) is 15.0 Å². The number of hydrogen-bond acceptors (Lipinski definition) is 6. The summed E-state index contributed by atoms with van der Waals surface area (Å²) < 4.78 is 5.13. The average Bonchev–Trinajstić information content (AvgIpc) is 3.08. The smallest absolute Gasteiger partial charge is 0.361 e. The fourth-order valence-electron chi connectivity index (χ4n) is 2.94. The molecular formula is C22H25N5O3. The van der Waals surface area contributed by atoms with Crippen LogP contribution in [0.1, 0.15) is 27.3 Å². The first-order valence-electron chi connectivity index (χ1n) is 9.50. The van der Waals surface area contributed by atoms with Crippen molar-refractivity contribution in [2.45, 2.75) is 20.8 Å². The Kier molecular flexibility index (Phi) is 6.15. The molecule has 0 unspecified atom stereocenters. The number of aromatic nitrogens is 3. The average molecular weight is 407 g/mol. The van der Waals surface area contributed by atoms with Crippen molar-refractivity contribution >= 4 is 23.3 Å². The minimum Gasteiger partial charge on any atom is -0.451 e. The monoisotopic (exact) mass is 407 g/mol. The summed E-state index contributed by atoms with van der Waals surface area (Å²) in [6.07, 6.45) is 0. The van der Waals surface area contributed by atoms with Crippen molar-refractivity contribution in [2.24, 2.45) is 0 Å². The van der Waals surface area contributed by atoms with Gasteiger partial charge in [0, 0.05) is 25.5 Å². The topological polar surface area (TPSA) is 89.3 Å². The molecule has 0 fully saturated rings. The van der Waals surface area contributed by atoms with Gasteiger partial charge in [0.05, 0.1) is 11.4 Å². The molecule has 1 heterocycles. The molecule has 0 aliphatic heterocycles. The lowest BCUT2D eigenvalue weighted by molar-refractivity contribution is -0.119. The minimum atomic E-state index is -0.693. The quantitative estimate of drug-likeness (QED) is 0.632. The van der Waals surface area contributed by atoms with Crippen LogP contribution in [0.3, 0.4) is 0 Å². The van der Waals surface area contributed by atoms with Gasteiger partial charge >= 0.3 is 5.97 Å². The second-order valence-electron chi connectivity index (χ2n) is 7.28. The summed E-state index contributed by atoms with van der Waals surface area (Å²) in [7, 11) is 3.87. The first-order valence-corrected chi connectivity index (χ1v) is 9.50. The number of esters is 1. The Morgan fingerprint density at radius 1 is 1.03 bits per heavy atom. The standard InChI is InChI=1S/C22H25N5O3/c1-14-6-11-19(15(2)12-14)27-24-16(3)21(25-27)22(29)30-13-20(28)23-17-7-9-18(10-8-17)26(4)5/h6-12H,13H2,1-5H3,(H,23,28). The molecule has 0 saturated heterocycles. The van der Waals surface area contributed by atoms with E-state index < -0.39 is 18.5 Å². The highest BCUT2D eigenvalue weighted by Gasteiger charge is 2.19. The van der Waals surface area contributed by atoms with Gasteiger partial charge in [-0.3, -0.25) is 4.79 Å². The van der Waals surface area contributed by atoms with Crippen LogP contribution < -0.4 is 10.2 Å². The van der Waals surface area contributed by atoms with Gasteiger partial charge in [-0.2, -0.15) is 9.90 Å². The lowest BCUT2D eigenvalue weighted by Crippen LogP contribution is -2.21. The summed E-state index contributed by atoms with van der Waals surface area (Å²) in [6.45, 7) is 5.22. The molecule has 8 heteroatoms. The maximum atomic E-state index is 12.4. The molecule has 1 aromatic heterocycles. The van der Waals surface area contributed by atoms with Crippen LogP contribution >= 0.6 is 0 Å². The Morgan fingerprint density at radius 2 is 1.73 bits per heavy atom. The fourth-order valence-corrected chi connectivity index (χ4v) is 2.94. The van der Waals surface area contributed by atoms with E-state index in [9.17, 15) is 9.59 Å². The van der Waals surface area contributed by atoms with E-state index in [1.807, 2.05) is 63.2 Å². The van der Waals surface area contributed by atoms with Crippen LogP contribution in [0.2, 0.25) is 0 Å². The molecule has 1 amide bonds. The number of hydrogen-bond donors (Lipinski definition) is 1. The number of aryl methyl sites for hydroxylation is 3. The predicted molar refractivity (Wildman–Crippen MR) is 115 cm³/mol. The molecule has 0 atom stereocenters. The van der Waals surface area contributed by atoms with Crippen molar-refractivity contribution in [2.75, 3.05) is 30.9 Å². The van der Waals surface area contributed by atoms with Crippen LogP contribution in [-0.4, -0.2) is 47.6 Å². The summed E-state index contributed by atoms with van der Waals surface area (Å²) in [6, 6.07) is 13.2. The van der Waals surface area contributed by atoms with Gasteiger partial charge in [0.2, 0.25) is 0 Å². The molecule has 0 radical (unpaired) electrons. The summed E-state index contributed by atoms with van der Waals surface area (Å²) >= 11 is 0. The highest BCUT2D eigenvalue weighted by Crippen LogP contribution is 2.17. The fraction of sp³-hybridized carbons (Fsp3) is 0.273. The van der Waals surface area contributed by atoms with Crippen LogP contribution in [0.25, 0.3) is 5.69 Å². The van der Waals surface area contributed by atoms with Crippen molar-refractivity contribution in [1.29, 1.82) is 0 Å². The van der Waals surface area contributed by atoms with Gasteiger partial charge in [-0.15, -0.1) is 5.10 Å². The Bertz CT molecular complexity index is 1070. The minimum absolute atomic E-state index is 0.0816. The lowest BCUT2D eigenvalue weighted by Gasteiger charge is -2.13. The van der Waals surface area contributed by atoms with Gasteiger partial charge < -0.3 is 15.0 Å². The highest BCUT2D eigenvalue weighted by atomic mass is 16.5. The third-order valence-electron chi connectivity index (χ3n) is 4.55. The molecule has 8 nitrogen and oxygen atoms in total. The van der Waals surface area contributed by atoms with E-state index in [-0.39, 0.29) is 5.69 Å². The molecule has 0 aliphatic rings. The lowest BCUT2D eigenvalue weighted by atomic mass is 10.1. The SMILES string of the molecule is Cc1ccc(-n2nc(C)c(C(=O)OCC(=O)Nc3ccc(N(C)C)cc3)n2)c(C)c1.